The molecule has 2 heterocycles. The van der Waals surface area contributed by atoms with Gasteiger partial charge in [-0.15, -0.1) is 11.3 Å². The molecule has 1 aliphatic rings. The van der Waals surface area contributed by atoms with Gasteiger partial charge in [-0.2, -0.15) is 0 Å². The van der Waals surface area contributed by atoms with Gasteiger partial charge in [-0.1, -0.05) is 13.8 Å². The monoisotopic (exact) mass is 267 g/mol. The molecule has 0 aliphatic carbocycles. The molecule has 1 unspecified atom stereocenters. The van der Waals surface area contributed by atoms with E-state index in [1.54, 1.807) is 11.3 Å². The molecule has 1 N–H and O–H groups in total. The number of rotatable bonds is 4. The average Bonchev–Trinajstić information content (AvgIpc) is 2.74. The number of nitrogens with one attached hydrogen (secondary N) is 1. The first-order valence-electron chi connectivity index (χ1n) is 6.84. The summed E-state index contributed by atoms with van der Waals surface area (Å²) < 4.78 is 0. The van der Waals surface area contributed by atoms with Crippen molar-refractivity contribution >= 4 is 11.3 Å². The fourth-order valence-electron chi connectivity index (χ4n) is 2.68. The Balaban J connectivity index is 2.04. The summed E-state index contributed by atoms with van der Waals surface area (Å²) in [5.74, 6) is 0.747. The van der Waals surface area contributed by atoms with E-state index in [9.17, 15) is 0 Å². The van der Waals surface area contributed by atoms with Gasteiger partial charge in [-0.05, 0) is 26.2 Å². The zero-order valence-electron chi connectivity index (χ0n) is 11.9. The van der Waals surface area contributed by atoms with Gasteiger partial charge in [-0.3, -0.25) is 4.90 Å². The van der Waals surface area contributed by atoms with E-state index in [0.717, 1.165) is 25.6 Å². The molecule has 1 aromatic heterocycles. The van der Waals surface area contributed by atoms with Crippen molar-refractivity contribution in [1.82, 2.24) is 15.2 Å². The lowest BCUT2D eigenvalue weighted by atomic mass is 9.94. The van der Waals surface area contributed by atoms with Crippen molar-refractivity contribution in [3.8, 4) is 0 Å². The molecule has 0 spiro atoms. The topological polar surface area (TPSA) is 28.2 Å². The maximum Gasteiger partial charge on any atom is 0.107 e. The highest BCUT2D eigenvalue weighted by atomic mass is 32.1. The quantitative estimate of drug-likeness (QED) is 0.909. The molecular formula is C14H25N3S. The molecule has 0 saturated carbocycles. The summed E-state index contributed by atoms with van der Waals surface area (Å²) >= 11 is 1.76. The van der Waals surface area contributed by atoms with Gasteiger partial charge < -0.3 is 5.32 Å². The Morgan fingerprint density at radius 3 is 2.94 bits per heavy atom. The summed E-state index contributed by atoms with van der Waals surface area (Å²) in [6.45, 7) is 12.4. The molecule has 3 nitrogen and oxygen atoms in total. The van der Waals surface area contributed by atoms with Crippen LogP contribution in [0.25, 0.3) is 0 Å². The molecule has 4 heteroatoms. The van der Waals surface area contributed by atoms with Gasteiger partial charge in [0.15, 0.2) is 0 Å². The second-order valence-corrected chi connectivity index (χ2v) is 7.36. The molecule has 1 saturated heterocycles. The lowest BCUT2D eigenvalue weighted by molar-refractivity contribution is 0.0759. The minimum absolute atomic E-state index is 0.213. The molecule has 18 heavy (non-hydrogen) atoms. The van der Waals surface area contributed by atoms with Crippen molar-refractivity contribution in [3.63, 3.8) is 0 Å². The number of piperazine rings is 1. The average molecular weight is 267 g/mol. The fourth-order valence-corrected chi connectivity index (χ4v) is 3.32. The van der Waals surface area contributed by atoms with Crippen molar-refractivity contribution in [1.29, 1.82) is 0 Å². The Bertz CT molecular complexity index is 359. The van der Waals surface area contributed by atoms with Gasteiger partial charge in [-0.25, -0.2) is 4.98 Å². The van der Waals surface area contributed by atoms with Crippen molar-refractivity contribution in [2.45, 2.75) is 52.2 Å². The third-order valence-corrected chi connectivity index (χ3v) is 4.26. The summed E-state index contributed by atoms with van der Waals surface area (Å²) in [6, 6.07) is 0.641. The Labute approximate surface area is 115 Å². The molecule has 1 aliphatic heterocycles. The van der Waals surface area contributed by atoms with E-state index in [1.165, 1.54) is 11.4 Å². The lowest BCUT2D eigenvalue weighted by Crippen LogP contribution is -2.61. The van der Waals surface area contributed by atoms with Crippen LogP contribution in [-0.4, -0.2) is 34.6 Å². The summed E-state index contributed by atoms with van der Waals surface area (Å²) in [5, 5.41) is 6.97. The van der Waals surface area contributed by atoms with E-state index in [-0.39, 0.29) is 5.54 Å². The van der Waals surface area contributed by atoms with Gasteiger partial charge >= 0.3 is 0 Å². The number of aromatic nitrogens is 1. The minimum Gasteiger partial charge on any atom is -0.309 e. The Hall–Kier alpha value is -0.450. The summed E-state index contributed by atoms with van der Waals surface area (Å²) in [5.41, 5.74) is 0.213. The van der Waals surface area contributed by atoms with Gasteiger partial charge in [0.2, 0.25) is 0 Å². The predicted molar refractivity (Wildman–Crippen MR) is 77.8 cm³/mol. The van der Waals surface area contributed by atoms with E-state index >= 15 is 0 Å². The van der Waals surface area contributed by atoms with Gasteiger partial charge in [0.25, 0.3) is 0 Å². The minimum atomic E-state index is 0.213. The first kappa shape index (κ1) is 14.0. The lowest BCUT2D eigenvalue weighted by Gasteiger charge is -2.45. The van der Waals surface area contributed by atoms with Crippen LogP contribution in [0.15, 0.2) is 11.6 Å². The molecule has 1 aromatic rings. The van der Waals surface area contributed by atoms with Crippen molar-refractivity contribution in [2.24, 2.45) is 5.92 Å². The molecule has 1 atom stereocenters. The van der Waals surface area contributed by atoms with Crippen LogP contribution in [0, 0.1) is 5.92 Å². The maximum atomic E-state index is 4.43. The normalized spacial score (nSPS) is 24.6. The van der Waals surface area contributed by atoms with Crippen molar-refractivity contribution in [3.05, 3.63) is 16.6 Å². The first-order chi connectivity index (χ1) is 8.46. The molecule has 0 aromatic carbocycles. The Morgan fingerprint density at radius 1 is 1.56 bits per heavy atom. The fraction of sp³-hybridized carbons (Fsp3) is 0.786. The predicted octanol–water partition coefficient (Wildman–Crippen LogP) is 2.74. The highest BCUT2D eigenvalue weighted by Crippen LogP contribution is 2.22. The van der Waals surface area contributed by atoms with E-state index in [4.69, 9.17) is 0 Å². The zero-order valence-corrected chi connectivity index (χ0v) is 12.8. The number of hydrogen-bond acceptors (Lipinski definition) is 4. The molecular weight excluding hydrogens is 242 g/mol. The number of nitrogens with zero attached hydrogens (tertiary/aromatic N) is 2. The van der Waals surface area contributed by atoms with Crippen LogP contribution in [0.3, 0.4) is 0 Å². The van der Waals surface area contributed by atoms with Crippen molar-refractivity contribution in [2.75, 3.05) is 13.1 Å². The van der Waals surface area contributed by atoms with Crippen LogP contribution < -0.4 is 5.32 Å². The SMILES string of the molecule is CC(C)CC1CNC(C)(C)CN1Cc1nccs1. The van der Waals surface area contributed by atoms with Crippen LogP contribution in [0.5, 0.6) is 0 Å². The second kappa shape index (κ2) is 5.68. The zero-order chi connectivity index (χ0) is 13.2. The third-order valence-electron chi connectivity index (χ3n) is 3.50. The highest BCUT2D eigenvalue weighted by Gasteiger charge is 2.32. The highest BCUT2D eigenvalue weighted by molar-refractivity contribution is 7.09. The van der Waals surface area contributed by atoms with Crippen molar-refractivity contribution < 1.29 is 0 Å². The molecule has 0 amide bonds. The van der Waals surface area contributed by atoms with Crippen LogP contribution in [0.2, 0.25) is 0 Å². The van der Waals surface area contributed by atoms with Crippen LogP contribution in [0.1, 0.15) is 39.1 Å². The molecule has 2 rings (SSSR count). The second-order valence-electron chi connectivity index (χ2n) is 6.38. The van der Waals surface area contributed by atoms with Crippen LogP contribution >= 0.6 is 11.3 Å². The van der Waals surface area contributed by atoms with E-state index in [2.05, 4.69) is 48.3 Å². The maximum absolute atomic E-state index is 4.43. The molecule has 1 fully saturated rings. The van der Waals surface area contributed by atoms with Gasteiger partial charge in [0.1, 0.15) is 5.01 Å². The summed E-state index contributed by atoms with van der Waals surface area (Å²) in [6.07, 6.45) is 3.17. The summed E-state index contributed by atoms with van der Waals surface area (Å²) in [4.78, 5) is 7.03. The smallest absolute Gasteiger partial charge is 0.107 e. The Kier molecular flexibility index (Phi) is 4.41. The third kappa shape index (κ3) is 3.77. The largest absolute Gasteiger partial charge is 0.309 e. The molecule has 0 radical (unpaired) electrons. The number of hydrogen-bond donors (Lipinski definition) is 1. The van der Waals surface area contributed by atoms with Gasteiger partial charge in [0, 0.05) is 36.2 Å². The van der Waals surface area contributed by atoms with E-state index in [0.29, 0.717) is 6.04 Å². The summed E-state index contributed by atoms with van der Waals surface area (Å²) in [7, 11) is 0. The van der Waals surface area contributed by atoms with E-state index in [1.807, 2.05) is 6.20 Å². The van der Waals surface area contributed by atoms with E-state index < -0.39 is 0 Å². The molecule has 0 bridgehead atoms. The van der Waals surface area contributed by atoms with Crippen LogP contribution in [-0.2, 0) is 6.54 Å². The number of thiazole rings is 1. The first-order valence-corrected chi connectivity index (χ1v) is 7.72. The van der Waals surface area contributed by atoms with Crippen LogP contribution in [0.4, 0.5) is 0 Å². The Morgan fingerprint density at radius 2 is 2.33 bits per heavy atom. The molecule has 102 valence electrons. The van der Waals surface area contributed by atoms with Gasteiger partial charge in [0.05, 0.1) is 6.54 Å². The standard InChI is InChI=1S/C14H25N3S/c1-11(2)7-12-8-16-14(3,4)10-17(12)9-13-15-5-6-18-13/h5-6,11-12,16H,7-10H2,1-4H3.